The molecule has 33 heavy (non-hydrogen) atoms. The van der Waals surface area contributed by atoms with E-state index >= 15 is 0 Å². The van der Waals surface area contributed by atoms with E-state index in [4.69, 9.17) is 37.4 Å². The van der Waals surface area contributed by atoms with Gasteiger partial charge in [-0.25, -0.2) is 9.59 Å². The molecule has 1 heterocycles. The van der Waals surface area contributed by atoms with Crippen molar-refractivity contribution in [1.29, 1.82) is 0 Å². The van der Waals surface area contributed by atoms with Crippen LogP contribution < -0.4 is 9.64 Å². The third-order valence-corrected chi connectivity index (χ3v) is 6.26. The minimum absolute atomic E-state index is 0.302. The third-order valence-electron chi connectivity index (χ3n) is 5.52. The highest BCUT2D eigenvalue weighted by atomic mass is 35.5. The molecule has 0 fully saturated rings. The van der Waals surface area contributed by atoms with E-state index < -0.39 is 17.9 Å². The highest BCUT2D eigenvalue weighted by molar-refractivity contribution is 6.42. The Bertz CT molecular complexity index is 1100. The fourth-order valence-electron chi connectivity index (χ4n) is 4.08. The number of anilines is 1. The summed E-state index contributed by atoms with van der Waals surface area (Å²) < 4.78 is 15.8. The number of hydrogen-bond acceptors (Lipinski definition) is 6. The van der Waals surface area contributed by atoms with Gasteiger partial charge in [-0.3, -0.25) is 0 Å². The summed E-state index contributed by atoms with van der Waals surface area (Å²) in [5.74, 6) is -1.16. The monoisotopic (exact) mass is 489 g/mol. The number of rotatable bonds is 6. The van der Waals surface area contributed by atoms with Gasteiger partial charge in [-0.2, -0.15) is 0 Å². The lowest BCUT2D eigenvalue weighted by Crippen LogP contribution is -2.35. The van der Waals surface area contributed by atoms with Crippen LogP contribution in [0.3, 0.4) is 0 Å². The van der Waals surface area contributed by atoms with Gasteiger partial charge in [-0.1, -0.05) is 29.3 Å². The van der Waals surface area contributed by atoms with Gasteiger partial charge in [0.05, 0.1) is 47.9 Å². The maximum Gasteiger partial charge on any atom is 0.336 e. The first-order valence-electron chi connectivity index (χ1n) is 10.3. The lowest BCUT2D eigenvalue weighted by Gasteiger charge is -2.37. The number of benzene rings is 2. The maximum absolute atomic E-state index is 13.0. The van der Waals surface area contributed by atoms with Crippen LogP contribution in [0.4, 0.5) is 5.69 Å². The Hall–Kier alpha value is -2.96. The van der Waals surface area contributed by atoms with Crippen molar-refractivity contribution in [2.75, 3.05) is 25.7 Å². The Morgan fingerprint density at radius 1 is 0.879 bits per heavy atom. The Balaban J connectivity index is 2.28. The predicted molar refractivity (Wildman–Crippen MR) is 129 cm³/mol. The average Bonchev–Trinajstić information content (AvgIpc) is 2.81. The Morgan fingerprint density at radius 3 is 1.88 bits per heavy atom. The topological polar surface area (TPSA) is 65.1 Å². The summed E-state index contributed by atoms with van der Waals surface area (Å²) in [6.45, 7) is 6.08. The van der Waals surface area contributed by atoms with Crippen molar-refractivity contribution >= 4 is 40.8 Å². The lowest BCUT2D eigenvalue weighted by molar-refractivity contribution is -0.137. The molecule has 2 aromatic rings. The molecule has 174 valence electrons. The fraction of sp³-hybridized carbons (Fsp3) is 0.280. The van der Waals surface area contributed by atoms with Crippen molar-refractivity contribution in [2.45, 2.75) is 26.7 Å². The van der Waals surface area contributed by atoms with E-state index in [9.17, 15) is 9.59 Å². The smallest absolute Gasteiger partial charge is 0.336 e. The molecule has 0 unspecified atom stereocenters. The molecular formula is C25H25Cl2NO5. The number of carbonyl (C=O) groups excluding carboxylic acids is 2. The van der Waals surface area contributed by atoms with Gasteiger partial charge in [0.25, 0.3) is 0 Å². The third kappa shape index (κ3) is 4.72. The molecule has 0 N–H and O–H groups in total. The van der Waals surface area contributed by atoms with Crippen LogP contribution in [0.25, 0.3) is 0 Å². The Morgan fingerprint density at radius 2 is 1.42 bits per heavy atom. The molecule has 0 saturated heterocycles. The van der Waals surface area contributed by atoms with Crippen molar-refractivity contribution < 1.29 is 23.8 Å². The second-order valence-electron chi connectivity index (χ2n) is 7.35. The van der Waals surface area contributed by atoms with E-state index in [1.54, 1.807) is 18.2 Å². The van der Waals surface area contributed by atoms with Crippen LogP contribution in [0.15, 0.2) is 65.0 Å². The first kappa shape index (κ1) is 24.7. The summed E-state index contributed by atoms with van der Waals surface area (Å²) >= 11 is 12.4. The van der Waals surface area contributed by atoms with Gasteiger partial charge in [0.1, 0.15) is 5.75 Å². The molecule has 8 heteroatoms. The molecule has 0 bridgehead atoms. The normalized spacial score (nSPS) is 14.5. The number of methoxy groups -OCH3 is 2. The van der Waals surface area contributed by atoms with Crippen molar-refractivity contribution in [3.8, 4) is 5.75 Å². The van der Waals surface area contributed by atoms with Gasteiger partial charge in [-0.15, -0.1) is 0 Å². The maximum atomic E-state index is 13.0. The molecule has 1 aliphatic rings. The second kappa shape index (κ2) is 10.3. The van der Waals surface area contributed by atoms with Crippen LogP contribution >= 0.6 is 23.2 Å². The largest absolute Gasteiger partial charge is 0.494 e. The highest BCUT2D eigenvalue weighted by Crippen LogP contribution is 2.45. The molecular weight excluding hydrogens is 465 g/mol. The minimum atomic E-state index is -0.751. The minimum Gasteiger partial charge on any atom is -0.494 e. The van der Waals surface area contributed by atoms with E-state index in [1.165, 1.54) is 14.2 Å². The van der Waals surface area contributed by atoms with Gasteiger partial charge >= 0.3 is 11.9 Å². The van der Waals surface area contributed by atoms with E-state index in [-0.39, 0.29) is 0 Å². The summed E-state index contributed by atoms with van der Waals surface area (Å²) in [5, 5.41) is 0.680. The van der Waals surface area contributed by atoms with Gasteiger partial charge in [0, 0.05) is 17.1 Å². The second-order valence-corrected chi connectivity index (χ2v) is 8.16. The first-order chi connectivity index (χ1) is 15.7. The molecule has 6 nitrogen and oxygen atoms in total. The van der Waals surface area contributed by atoms with E-state index in [1.807, 2.05) is 49.9 Å². The van der Waals surface area contributed by atoms with E-state index in [0.29, 0.717) is 44.8 Å². The fourth-order valence-corrected chi connectivity index (χ4v) is 4.38. The van der Waals surface area contributed by atoms with Crippen LogP contribution in [0.5, 0.6) is 5.75 Å². The predicted octanol–water partition coefficient (Wildman–Crippen LogP) is 5.89. The number of carbonyl (C=O) groups is 2. The molecule has 1 aliphatic heterocycles. The molecule has 3 rings (SSSR count). The van der Waals surface area contributed by atoms with Crippen LogP contribution in [0, 0.1) is 0 Å². The molecule has 0 amide bonds. The number of ether oxygens (including phenoxy) is 3. The highest BCUT2D eigenvalue weighted by Gasteiger charge is 2.40. The molecule has 0 atom stereocenters. The standard InChI is InChI=1S/C25H25Cl2NO5/c1-6-33-18-10-8-17(9-11-18)28-14(2)21(24(29)31-4)23(22(15(28)3)25(30)32-5)16-7-12-19(26)20(27)13-16/h7-13,23H,6H2,1-5H3. The zero-order chi connectivity index (χ0) is 24.3. The van der Waals surface area contributed by atoms with Crippen LogP contribution in [-0.4, -0.2) is 32.8 Å². The zero-order valence-corrected chi connectivity index (χ0v) is 20.6. The molecule has 0 radical (unpaired) electrons. The quantitative estimate of drug-likeness (QED) is 0.471. The molecule has 2 aromatic carbocycles. The van der Waals surface area contributed by atoms with Crippen molar-refractivity contribution in [1.82, 2.24) is 0 Å². The van der Waals surface area contributed by atoms with Gasteiger partial charge in [-0.05, 0) is 62.7 Å². The number of halogens is 2. The number of hydrogen-bond donors (Lipinski definition) is 0. The Labute approximate surface area is 203 Å². The van der Waals surface area contributed by atoms with Crippen molar-refractivity contribution in [2.24, 2.45) is 0 Å². The average molecular weight is 490 g/mol. The number of esters is 2. The number of allylic oxidation sites excluding steroid dienone is 2. The van der Waals surface area contributed by atoms with Crippen molar-refractivity contribution in [3.05, 3.63) is 80.6 Å². The van der Waals surface area contributed by atoms with Crippen LogP contribution in [0.1, 0.15) is 32.3 Å². The molecule has 0 aromatic heterocycles. The van der Waals surface area contributed by atoms with E-state index in [2.05, 4.69) is 0 Å². The summed E-state index contributed by atoms with van der Waals surface area (Å²) in [5.41, 5.74) is 3.21. The summed E-state index contributed by atoms with van der Waals surface area (Å²) in [6, 6.07) is 12.4. The number of nitrogens with zero attached hydrogens (tertiary/aromatic N) is 1. The Kier molecular flexibility index (Phi) is 7.72. The SMILES string of the molecule is CCOc1ccc(N2C(C)=C(C(=O)OC)C(c3ccc(Cl)c(Cl)c3)C(C(=O)OC)=C2C)cc1. The zero-order valence-electron chi connectivity index (χ0n) is 19.1. The molecule has 0 spiro atoms. The molecule has 0 aliphatic carbocycles. The van der Waals surface area contributed by atoms with Gasteiger partial charge in [0.2, 0.25) is 0 Å². The molecule has 0 saturated carbocycles. The van der Waals surface area contributed by atoms with Crippen molar-refractivity contribution in [3.63, 3.8) is 0 Å². The lowest BCUT2D eigenvalue weighted by atomic mass is 9.79. The summed E-state index contributed by atoms with van der Waals surface area (Å²) in [4.78, 5) is 27.9. The van der Waals surface area contributed by atoms with Crippen LogP contribution in [0.2, 0.25) is 10.0 Å². The summed E-state index contributed by atoms with van der Waals surface area (Å²) in [6.07, 6.45) is 0. The first-order valence-corrected chi connectivity index (χ1v) is 11.1. The summed E-state index contributed by atoms with van der Waals surface area (Å²) in [7, 11) is 2.61. The van der Waals surface area contributed by atoms with E-state index in [0.717, 1.165) is 11.4 Å². The van der Waals surface area contributed by atoms with Crippen LogP contribution in [-0.2, 0) is 19.1 Å². The van der Waals surface area contributed by atoms with Gasteiger partial charge in [0.15, 0.2) is 0 Å². The van der Waals surface area contributed by atoms with Gasteiger partial charge < -0.3 is 19.1 Å².